The highest BCUT2D eigenvalue weighted by Crippen LogP contribution is 2.67. The lowest BCUT2D eigenvalue weighted by Crippen LogP contribution is -2.41. The maximum absolute atomic E-state index is 2.52. The predicted octanol–water partition coefficient (Wildman–Crippen LogP) is 17.9. The lowest BCUT2D eigenvalue weighted by Gasteiger charge is -2.45. The summed E-state index contributed by atoms with van der Waals surface area (Å²) >= 11 is 0. The van der Waals surface area contributed by atoms with E-state index < -0.39 is 18.8 Å². The molecule has 2 aliphatic heterocycles. The first-order valence-corrected chi connectivity index (χ1v) is 30.3. The fourth-order valence-corrected chi connectivity index (χ4v) is 17.9. The van der Waals surface area contributed by atoms with Crippen LogP contribution in [0.2, 0.25) is 6.55 Å². The van der Waals surface area contributed by atoms with Crippen LogP contribution in [0.15, 0.2) is 227 Å². The Morgan fingerprint density at radius 3 is 1.81 bits per heavy atom. The first-order chi connectivity index (χ1) is 35.1. The van der Waals surface area contributed by atoms with E-state index in [9.17, 15) is 0 Å². The zero-order chi connectivity index (χ0) is 48.5. The summed E-state index contributed by atoms with van der Waals surface area (Å²) in [6, 6.07) is 73.8. The third kappa shape index (κ3) is 6.62. The third-order valence-electron chi connectivity index (χ3n) is 16.6. The van der Waals surface area contributed by atoms with E-state index in [1.165, 1.54) is 127 Å². The van der Waals surface area contributed by atoms with Gasteiger partial charge in [-0.1, -0.05) is 165 Å². The average molecular weight is 961 g/mol. The Hall–Kier alpha value is -7.63. The van der Waals surface area contributed by atoms with Crippen LogP contribution in [0, 0.1) is 0 Å². The SMILES string of the molecule is C[SiH]1C2=C(C=CCC2)N(c2ccc3c(ccc4cc(-c5ccc6cc(C=Cc7ccc8c(c7)C(C)(C)c7cc(N9c%10ccccc%10S(C)(C)c%10ccccc%109)ccc7-8)ccc6c5)ccc43)c2)c2ccccc21. The molecule has 4 aliphatic rings. The standard InChI is InChI=1S/C68H56N2SSi/c1-68(2)58-39-45(25-34-56(58)57-37-33-53(43-59(57)68)69-60-14-6-10-18-64(60)71(3,4)65-19-11-7-15-61(65)69)23-22-44-24-26-47-40-48(28-27-46(47)38-44)49-31-35-54-50(41-49)29-30-51-42-52(32-36-55(51)54)70-62-16-8-12-20-66(62)72(5)67-21-13-9-17-63(67)70/h6-12,14-20,22-43,72H,13,21H2,1-5H3. The molecule has 10 aromatic rings. The van der Waals surface area contributed by atoms with E-state index in [0.29, 0.717) is 0 Å². The third-order valence-corrected chi connectivity index (χ3v) is 22.5. The second-order valence-electron chi connectivity index (χ2n) is 21.3. The van der Waals surface area contributed by atoms with Gasteiger partial charge in [-0.2, -0.15) is 10.0 Å². The number of hydrogen-bond donors (Lipinski definition) is 0. The fraction of sp³-hybridized carbons (Fsp3) is 0.118. The smallest absolute Gasteiger partial charge is 0.100 e. The van der Waals surface area contributed by atoms with Gasteiger partial charge in [-0.15, -0.1) is 0 Å². The number of anilines is 5. The van der Waals surface area contributed by atoms with Crippen LogP contribution in [-0.2, 0) is 5.41 Å². The molecule has 0 N–H and O–H groups in total. The second-order valence-corrected chi connectivity index (χ2v) is 27.6. The molecule has 1 atom stereocenters. The van der Waals surface area contributed by atoms with Crippen molar-refractivity contribution in [2.24, 2.45) is 0 Å². The van der Waals surface area contributed by atoms with Crippen molar-refractivity contribution in [3.63, 3.8) is 0 Å². The number of allylic oxidation sites excluding steroid dienone is 3. The van der Waals surface area contributed by atoms with Crippen molar-refractivity contribution in [2.45, 2.75) is 48.4 Å². The van der Waals surface area contributed by atoms with Crippen molar-refractivity contribution in [1.82, 2.24) is 0 Å². The highest BCUT2D eigenvalue weighted by atomic mass is 32.3. The largest absolute Gasteiger partial charge is 0.311 e. The number of hydrogen-bond acceptors (Lipinski definition) is 2. The van der Waals surface area contributed by atoms with Gasteiger partial charge in [0.05, 0.1) is 11.4 Å². The minimum absolute atomic E-state index is 0.149. The Bertz CT molecular complexity index is 3990. The zero-order valence-corrected chi connectivity index (χ0v) is 43.6. The van der Waals surface area contributed by atoms with Crippen molar-refractivity contribution in [3.05, 3.63) is 239 Å². The molecule has 0 amide bonds. The molecule has 2 nitrogen and oxygen atoms in total. The maximum atomic E-state index is 2.52. The van der Waals surface area contributed by atoms with Crippen molar-refractivity contribution in [1.29, 1.82) is 0 Å². The van der Waals surface area contributed by atoms with Crippen LogP contribution in [0.1, 0.15) is 48.9 Å². The van der Waals surface area contributed by atoms with Gasteiger partial charge in [0.15, 0.2) is 0 Å². The Labute approximate surface area is 426 Å². The topological polar surface area (TPSA) is 6.48 Å². The van der Waals surface area contributed by atoms with E-state index >= 15 is 0 Å². The Morgan fingerprint density at radius 1 is 0.500 bits per heavy atom. The van der Waals surface area contributed by atoms with Crippen molar-refractivity contribution in [3.8, 4) is 22.3 Å². The van der Waals surface area contributed by atoms with E-state index in [1.807, 2.05) is 0 Å². The van der Waals surface area contributed by atoms with Crippen LogP contribution in [0.5, 0.6) is 0 Å². The lowest BCUT2D eigenvalue weighted by molar-refractivity contribution is 0.660. The van der Waals surface area contributed by atoms with E-state index in [0.717, 1.165) is 6.42 Å². The number of benzene rings is 10. The van der Waals surface area contributed by atoms with Crippen LogP contribution in [0.4, 0.5) is 28.4 Å². The van der Waals surface area contributed by atoms with E-state index in [2.05, 4.69) is 261 Å². The number of nitrogens with zero attached hydrogens (tertiary/aromatic N) is 2. The van der Waals surface area contributed by atoms with Gasteiger partial charge >= 0.3 is 0 Å². The van der Waals surface area contributed by atoms with Gasteiger partial charge in [-0.05, 0) is 186 Å². The van der Waals surface area contributed by atoms with Crippen molar-refractivity contribution in [2.75, 3.05) is 22.3 Å². The molecule has 4 heteroatoms. The summed E-state index contributed by atoms with van der Waals surface area (Å²) in [6.45, 7) is 7.30. The number of fused-ring (bicyclic) bond motifs is 10. The predicted molar refractivity (Wildman–Crippen MR) is 315 cm³/mol. The molecule has 0 saturated heterocycles. The summed E-state index contributed by atoms with van der Waals surface area (Å²) in [4.78, 5) is 7.90. The van der Waals surface area contributed by atoms with Crippen LogP contribution in [-0.4, -0.2) is 21.3 Å². The van der Waals surface area contributed by atoms with Crippen LogP contribution >= 0.6 is 10.0 Å². The molecule has 1 unspecified atom stereocenters. The molecule has 0 aromatic heterocycles. The molecule has 10 aromatic carbocycles. The second kappa shape index (κ2) is 16.2. The zero-order valence-electron chi connectivity index (χ0n) is 41.6. The quantitative estimate of drug-likeness (QED) is 0.0963. The molecule has 2 aliphatic carbocycles. The summed E-state index contributed by atoms with van der Waals surface area (Å²) < 4.78 is 0. The van der Waals surface area contributed by atoms with Gasteiger partial charge in [-0.3, -0.25) is 0 Å². The monoisotopic (exact) mass is 960 g/mol. The van der Waals surface area contributed by atoms with Gasteiger partial charge in [-0.25, -0.2) is 0 Å². The molecular formula is C68H56N2SSi. The Kier molecular flexibility index (Phi) is 9.71. The molecule has 0 fully saturated rings. The highest BCUT2D eigenvalue weighted by Gasteiger charge is 2.38. The molecule has 0 radical (unpaired) electrons. The highest BCUT2D eigenvalue weighted by molar-refractivity contribution is 8.33. The molecule has 14 rings (SSSR count). The summed E-state index contributed by atoms with van der Waals surface area (Å²) in [5, 5.41) is 10.8. The summed E-state index contributed by atoms with van der Waals surface area (Å²) in [5.74, 6) is 0. The average Bonchev–Trinajstić information content (AvgIpc) is 3.64. The van der Waals surface area contributed by atoms with Crippen LogP contribution < -0.4 is 15.0 Å². The summed E-state index contributed by atoms with van der Waals surface area (Å²) in [5.41, 5.74) is 18.0. The van der Waals surface area contributed by atoms with Crippen molar-refractivity contribution >= 4 is 96.9 Å². The number of rotatable bonds is 5. The minimum atomic E-state index is -1.19. The molecule has 72 heavy (non-hydrogen) atoms. The van der Waals surface area contributed by atoms with E-state index in [1.54, 1.807) is 10.4 Å². The van der Waals surface area contributed by atoms with Gasteiger partial charge in [0.2, 0.25) is 0 Å². The lowest BCUT2D eigenvalue weighted by atomic mass is 9.81. The maximum Gasteiger partial charge on any atom is 0.100 e. The van der Waals surface area contributed by atoms with E-state index in [4.69, 9.17) is 0 Å². The first-order valence-electron chi connectivity index (χ1n) is 25.6. The molecule has 0 saturated carbocycles. The Balaban J connectivity index is 0.717. The van der Waals surface area contributed by atoms with Crippen LogP contribution in [0.3, 0.4) is 0 Å². The van der Waals surface area contributed by atoms with Gasteiger partial charge in [0.25, 0.3) is 0 Å². The van der Waals surface area contributed by atoms with Gasteiger partial charge < -0.3 is 9.80 Å². The number of para-hydroxylation sites is 3. The molecule has 348 valence electrons. The van der Waals surface area contributed by atoms with Crippen LogP contribution in [0.25, 0.3) is 66.7 Å². The summed E-state index contributed by atoms with van der Waals surface area (Å²) in [6.07, 6.45) is 16.5. The summed E-state index contributed by atoms with van der Waals surface area (Å²) in [7, 11) is -2.33. The molecular weight excluding hydrogens is 905 g/mol. The minimum Gasteiger partial charge on any atom is -0.311 e. The van der Waals surface area contributed by atoms with Gasteiger partial charge in [0, 0.05) is 38.0 Å². The first kappa shape index (κ1) is 43.2. The Morgan fingerprint density at radius 2 is 1.04 bits per heavy atom. The van der Waals surface area contributed by atoms with Gasteiger partial charge in [0.1, 0.15) is 8.80 Å². The molecule has 2 heterocycles. The molecule has 0 bridgehead atoms. The van der Waals surface area contributed by atoms with E-state index in [-0.39, 0.29) is 5.41 Å². The van der Waals surface area contributed by atoms with Crippen molar-refractivity contribution < 1.29 is 0 Å². The normalized spacial score (nSPS) is 17.4. The molecule has 0 spiro atoms. The fourth-order valence-electron chi connectivity index (χ4n) is 12.8.